The molecule has 0 aliphatic carbocycles. The number of aryl methyl sites for hydroxylation is 2. The highest BCUT2D eigenvalue weighted by molar-refractivity contribution is 6.55. The average molecular weight is 460 g/mol. The van der Waals surface area contributed by atoms with Crippen molar-refractivity contribution in [1.82, 2.24) is 0 Å². The van der Waals surface area contributed by atoms with E-state index in [2.05, 4.69) is 12.1 Å². The second kappa shape index (κ2) is 13.7. The van der Waals surface area contributed by atoms with E-state index >= 15 is 0 Å². The van der Waals surface area contributed by atoms with Crippen molar-refractivity contribution in [3.8, 4) is 11.5 Å². The molecule has 0 fully saturated rings. The predicted octanol–water partition coefficient (Wildman–Crippen LogP) is 6.97. The molecule has 0 amide bonds. The monoisotopic (exact) mass is 459 g/mol. The molecule has 1 aromatic carbocycles. The molecule has 0 saturated heterocycles. The molecule has 0 atom stereocenters. The maximum Gasteiger partial charge on any atom is 0.222 e. The number of hydrogen-bond acceptors (Lipinski definition) is 5. The van der Waals surface area contributed by atoms with E-state index in [0.717, 1.165) is 48.3 Å². The van der Waals surface area contributed by atoms with Crippen molar-refractivity contribution in [2.24, 2.45) is 5.16 Å². The van der Waals surface area contributed by atoms with Gasteiger partial charge in [0.05, 0.1) is 13.2 Å². The lowest BCUT2D eigenvalue weighted by Crippen LogP contribution is -2.17. The van der Waals surface area contributed by atoms with E-state index in [0.29, 0.717) is 25.7 Å². The fourth-order valence-electron chi connectivity index (χ4n) is 2.57. The maximum absolute atomic E-state index is 6.07. The molecule has 0 N–H and O–H groups in total. The number of unbranched alkanes of at least 4 members (excludes halogenated alkanes) is 2. The molecule has 0 unspecified atom stereocenters. The third kappa shape index (κ3) is 11.6. The number of hydrogen-bond donors (Lipinski definition) is 0. The molecular formula is C23H35Cl2NO4. The molecule has 0 spiro atoms. The van der Waals surface area contributed by atoms with Crippen molar-refractivity contribution in [3.63, 3.8) is 0 Å². The smallest absolute Gasteiger partial charge is 0.222 e. The Hall–Kier alpha value is -1.59. The second-order valence-electron chi connectivity index (χ2n) is 7.96. The van der Waals surface area contributed by atoms with Gasteiger partial charge in [-0.15, -0.1) is 0 Å². The molecule has 0 bridgehead atoms. The van der Waals surface area contributed by atoms with Gasteiger partial charge in [-0.3, -0.25) is 0 Å². The first-order valence-corrected chi connectivity index (χ1v) is 11.1. The van der Waals surface area contributed by atoms with Gasteiger partial charge in [-0.2, -0.15) is 0 Å². The average Bonchev–Trinajstić information content (AvgIpc) is 2.65. The van der Waals surface area contributed by atoms with Crippen LogP contribution in [0.5, 0.6) is 11.5 Å². The van der Waals surface area contributed by atoms with E-state index in [1.165, 1.54) is 0 Å². The first kappa shape index (κ1) is 26.4. The van der Waals surface area contributed by atoms with Crippen LogP contribution in [0.15, 0.2) is 27.9 Å². The Balaban J connectivity index is 2.38. The Kier molecular flexibility index (Phi) is 12.0. The number of rotatable bonds is 12. The Morgan fingerprint density at radius 3 is 2.40 bits per heavy atom. The summed E-state index contributed by atoms with van der Waals surface area (Å²) >= 11 is 11.2. The van der Waals surface area contributed by atoms with Crippen molar-refractivity contribution in [3.05, 3.63) is 33.8 Å². The Labute approximate surface area is 191 Å². The fraction of sp³-hybridized carbons (Fsp3) is 0.609. The van der Waals surface area contributed by atoms with Crippen LogP contribution in [-0.2, 0) is 16.0 Å². The van der Waals surface area contributed by atoms with Crippen LogP contribution in [0.2, 0.25) is 0 Å². The van der Waals surface area contributed by atoms with Gasteiger partial charge in [0.25, 0.3) is 0 Å². The lowest BCUT2D eigenvalue weighted by molar-refractivity contribution is -0.00396. The van der Waals surface area contributed by atoms with Gasteiger partial charge < -0.3 is 19.0 Å². The van der Waals surface area contributed by atoms with Gasteiger partial charge in [-0.05, 0) is 82.7 Å². The molecule has 0 aliphatic rings. The highest BCUT2D eigenvalue weighted by Crippen LogP contribution is 2.30. The van der Waals surface area contributed by atoms with Gasteiger partial charge in [0.2, 0.25) is 5.90 Å². The lowest BCUT2D eigenvalue weighted by Gasteiger charge is -2.16. The Bertz CT molecular complexity index is 708. The van der Waals surface area contributed by atoms with E-state index in [4.69, 9.17) is 42.3 Å². The minimum absolute atomic E-state index is 0.202. The van der Waals surface area contributed by atoms with Crippen LogP contribution in [0.3, 0.4) is 0 Å². The molecule has 0 heterocycles. The van der Waals surface area contributed by atoms with E-state index in [-0.39, 0.29) is 10.1 Å². The van der Waals surface area contributed by atoms with Crippen molar-refractivity contribution < 1.29 is 19.0 Å². The van der Waals surface area contributed by atoms with Gasteiger partial charge in [-0.1, -0.05) is 35.3 Å². The number of nitrogens with zero attached hydrogens (tertiary/aromatic N) is 1. The first-order chi connectivity index (χ1) is 14.1. The molecule has 1 rings (SSSR count). The summed E-state index contributed by atoms with van der Waals surface area (Å²) in [4.78, 5) is 5.33. The molecule has 30 heavy (non-hydrogen) atoms. The highest BCUT2D eigenvalue weighted by Gasteiger charge is 2.11. The molecule has 7 heteroatoms. The third-order valence-electron chi connectivity index (χ3n) is 3.99. The largest absolute Gasteiger partial charge is 0.493 e. The van der Waals surface area contributed by atoms with E-state index < -0.39 is 0 Å². The van der Waals surface area contributed by atoms with Gasteiger partial charge in [0, 0.05) is 6.92 Å². The quantitative estimate of drug-likeness (QED) is 0.146. The number of oxime groups is 1. The minimum atomic E-state index is -0.309. The summed E-state index contributed by atoms with van der Waals surface area (Å²) < 4.78 is 17.5. The number of halogens is 2. The summed E-state index contributed by atoms with van der Waals surface area (Å²) in [5, 5.41) is 3.98. The molecule has 0 aliphatic heterocycles. The van der Waals surface area contributed by atoms with Gasteiger partial charge >= 0.3 is 0 Å². The van der Waals surface area contributed by atoms with Crippen LogP contribution in [0.25, 0.3) is 0 Å². The van der Waals surface area contributed by atoms with Crippen molar-refractivity contribution >= 4 is 29.1 Å². The zero-order chi connectivity index (χ0) is 22.6. The Morgan fingerprint density at radius 2 is 1.77 bits per heavy atom. The number of benzene rings is 1. The summed E-state index contributed by atoms with van der Waals surface area (Å²) in [6.45, 7) is 13.4. The first-order valence-electron chi connectivity index (χ1n) is 10.4. The number of ether oxygens (including phenoxy) is 3. The topological polar surface area (TPSA) is 49.3 Å². The van der Waals surface area contributed by atoms with Crippen LogP contribution in [0.1, 0.15) is 65.0 Å². The zero-order valence-corrected chi connectivity index (χ0v) is 20.5. The van der Waals surface area contributed by atoms with E-state index in [1.54, 1.807) is 13.0 Å². The summed E-state index contributed by atoms with van der Waals surface area (Å²) in [6.07, 6.45) is 5.39. The molecular weight excluding hydrogens is 425 g/mol. The highest BCUT2D eigenvalue weighted by atomic mass is 35.5. The summed E-state index contributed by atoms with van der Waals surface area (Å²) in [5.41, 5.74) is 1.87. The molecule has 0 radical (unpaired) electrons. The van der Waals surface area contributed by atoms with Crippen molar-refractivity contribution in [1.29, 1.82) is 0 Å². The molecule has 0 aromatic heterocycles. The van der Waals surface area contributed by atoms with Crippen molar-refractivity contribution in [2.45, 2.75) is 72.8 Å². The maximum atomic E-state index is 6.07. The summed E-state index contributed by atoms with van der Waals surface area (Å²) in [7, 11) is 0. The van der Waals surface area contributed by atoms with E-state index in [9.17, 15) is 0 Å². The normalized spacial score (nSPS) is 11.8. The minimum Gasteiger partial charge on any atom is -0.493 e. The van der Waals surface area contributed by atoms with Crippen LogP contribution >= 0.6 is 23.2 Å². The molecule has 170 valence electrons. The standard InChI is InChI=1S/C23H35Cl2NO4/c1-7-19-16-20(28-14-11-21(24)25)15-17(2)22(19)29-13-10-8-9-12-27-18(3)26-30-23(4,5)6/h11,15-16H,7-10,12-14H2,1-6H3. The molecule has 0 saturated carbocycles. The molecule has 5 nitrogen and oxygen atoms in total. The third-order valence-corrected chi connectivity index (χ3v) is 4.30. The van der Waals surface area contributed by atoms with Crippen LogP contribution < -0.4 is 9.47 Å². The summed E-state index contributed by atoms with van der Waals surface area (Å²) in [6, 6.07) is 3.98. The van der Waals surface area contributed by atoms with Gasteiger partial charge in [-0.25, -0.2) is 0 Å². The van der Waals surface area contributed by atoms with Gasteiger partial charge in [0.15, 0.2) is 0 Å². The SMILES string of the molecule is CCc1cc(OCC=C(Cl)Cl)cc(C)c1OCCCCCOC(C)=NOC(C)(C)C. The van der Waals surface area contributed by atoms with Crippen LogP contribution in [0.4, 0.5) is 0 Å². The fourth-order valence-corrected chi connectivity index (χ4v) is 2.69. The van der Waals surface area contributed by atoms with Crippen LogP contribution in [-0.4, -0.2) is 31.3 Å². The molecule has 1 aromatic rings. The van der Waals surface area contributed by atoms with Crippen molar-refractivity contribution in [2.75, 3.05) is 19.8 Å². The lowest BCUT2D eigenvalue weighted by atomic mass is 10.1. The van der Waals surface area contributed by atoms with Crippen LogP contribution in [0, 0.1) is 6.92 Å². The second-order valence-corrected chi connectivity index (χ2v) is 8.97. The zero-order valence-electron chi connectivity index (χ0n) is 19.0. The van der Waals surface area contributed by atoms with Gasteiger partial charge in [0.1, 0.15) is 28.2 Å². The van der Waals surface area contributed by atoms with E-state index in [1.807, 2.05) is 39.8 Å². The summed E-state index contributed by atoms with van der Waals surface area (Å²) in [5.74, 6) is 2.27. The Morgan fingerprint density at radius 1 is 1.07 bits per heavy atom. The predicted molar refractivity (Wildman–Crippen MR) is 125 cm³/mol.